The molecule has 1 fully saturated rings. The van der Waals surface area contributed by atoms with E-state index in [1.165, 1.54) is 6.07 Å². The zero-order valence-corrected chi connectivity index (χ0v) is 12.0. The van der Waals surface area contributed by atoms with Gasteiger partial charge in [-0.3, -0.25) is 10.1 Å². The van der Waals surface area contributed by atoms with Gasteiger partial charge >= 0.3 is 0 Å². The van der Waals surface area contributed by atoms with Crippen LogP contribution in [0.2, 0.25) is 0 Å². The average molecular weight is 286 g/mol. The van der Waals surface area contributed by atoms with Crippen LogP contribution in [0.3, 0.4) is 0 Å². The van der Waals surface area contributed by atoms with Crippen molar-refractivity contribution in [2.45, 2.75) is 19.4 Å². The second kappa shape index (κ2) is 5.65. The average Bonchev–Trinajstić information content (AvgIpc) is 3.01. The molecule has 2 heterocycles. The van der Waals surface area contributed by atoms with Gasteiger partial charge in [-0.05, 0) is 26.0 Å². The topological polar surface area (TPSA) is 71.3 Å². The molecule has 0 aliphatic carbocycles. The molecule has 21 heavy (non-hydrogen) atoms. The van der Waals surface area contributed by atoms with E-state index in [0.717, 1.165) is 37.1 Å². The number of nitro groups is 1. The van der Waals surface area contributed by atoms with Gasteiger partial charge in [-0.2, -0.15) is 0 Å². The largest absolute Gasteiger partial charge is 0.367 e. The lowest BCUT2D eigenvalue weighted by molar-refractivity contribution is -0.383. The number of nitro benzene ring substituents is 1. The summed E-state index contributed by atoms with van der Waals surface area (Å²) in [5.41, 5.74) is 1.55. The van der Waals surface area contributed by atoms with Gasteiger partial charge in [-0.15, -0.1) is 0 Å². The summed E-state index contributed by atoms with van der Waals surface area (Å²) in [6, 6.07) is 7.53. The predicted molar refractivity (Wildman–Crippen MR) is 82.7 cm³/mol. The summed E-state index contributed by atoms with van der Waals surface area (Å²) in [6.07, 6.45) is 2.75. The highest BCUT2D eigenvalue weighted by molar-refractivity contribution is 5.96. The number of para-hydroxylation sites is 1. The van der Waals surface area contributed by atoms with E-state index in [-0.39, 0.29) is 10.6 Å². The van der Waals surface area contributed by atoms with Crippen molar-refractivity contribution in [2.24, 2.45) is 0 Å². The molecular formula is C15H18N4O2. The number of nitrogens with one attached hydrogen (secondary N) is 1. The molecule has 0 bridgehead atoms. The molecule has 1 aliphatic rings. The first-order valence-corrected chi connectivity index (χ1v) is 7.22. The zero-order valence-electron chi connectivity index (χ0n) is 12.0. The molecule has 1 unspecified atom stereocenters. The Balaban J connectivity index is 2.13. The Hall–Kier alpha value is -2.21. The number of anilines is 1. The summed E-state index contributed by atoms with van der Waals surface area (Å²) in [7, 11) is 0. The number of likely N-dealkylation sites (N-methyl/N-ethyl adjacent to an activating group) is 1. The molecule has 0 spiro atoms. The lowest BCUT2D eigenvalue weighted by atomic mass is 10.1. The van der Waals surface area contributed by atoms with E-state index < -0.39 is 0 Å². The second-order valence-electron chi connectivity index (χ2n) is 5.19. The van der Waals surface area contributed by atoms with Gasteiger partial charge in [0.1, 0.15) is 5.52 Å². The minimum Gasteiger partial charge on any atom is -0.367 e. The van der Waals surface area contributed by atoms with Crippen LogP contribution in [0.15, 0.2) is 30.5 Å². The first-order chi connectivity index (χ1) is 10.2. The first kappa shape index (κ1) is 13.8. The fourth-order valence-electron chi connectivity index (χ4n) is 3.07. The molecule has 6 heteroatoms. The van der Waals surface area contributed by atoms with Crippen molar-refractivity contribution >= 4 is 22.3 Å². The summed E-state index contributed by atoms with van der Waals surface area (Å²) in [4.78, 5) is 17.3. The maximum Gasteiger partial charge on any atom is 0.295 e. The van der Waals surface area contributed by atoms with Crippen LogP contribution in [0.4, 0.5) is 11.4 Å². The third-order valence-electron chi connectivity index (χ3n) is 4.05. The van der Waals surface area contributed by atoms with Crippen LogP contribution in [0, 0.1) is 10.1 Å². The van der Waals surface area contributed by atoms with Gasteiger partial charge in [-0.25, -0.2) is 4.98 Å². The van der Waals surface area contributed by atoms with Crippen LogP contribution < -0.4 is 10.2 Å². The summed E-state index contributed by atoms with van der Waals surface area (Å²) < 4.78 is 0. The normalized spacial score (nSPS) is 18.0. The van der Waals surface area contributed by atoms with E-state index in [4.69, 9.17) is 0 Å². The predicted octanol–water partition coefficient (Wildman–Crippen LogP) is 2.33. The molecule has 1 atom stereocenters. The highest BCUT2D eigenvalue weighted by Crippen LogP contribution is 2.32. The van der Waals surface area contributed by atoms with Crippen molar-refractivity contribution < 1.29 is 4.92 Å². The SMILES string of the molecule is CCN(c1ccnc2c([N+](=O)[O-])cccc12)C1CCNC1. The van der Waals surface area contributed by atoms with Gasteiger partial charge < -0.3 is 10.2 Å². The second-order valence-corrected chi connectivity index (χ2v) is 5.19. The molecule has 1 aliphatic heterocycles. The molecular weight excluding hydrogens is 268 g/mol. The van der Waals surface area contributed by atoms with E-state index >= 15 is 0 Å². The van der Waals surface area contributed by atoms with Crippen LogP contribution in [0.5, 0.6) is 0 Å². The standard InChI is InChI=1S/C15H18N4O2/c1-2-18(11-6-8-16-10-11)13-7-9-17-15-12(13)4-3-5-14(15)19(20)21/h3-5,7,9,11,16H,2,6,8,10H2,1H3. The smallest absolute Gasteiger partial charge is 0.295 e. The van der Waals surface area contributed by atoms with E-state index in [2.05, 4.69) is 22.1 Å². The Bertz CT molecular complexity index is 668. The molecule has 0 saturated carbocycles. The fraction of sp³-hybridized carbons (Fsp3) is 0.400. The van der Waals surface area contributed by atoms with Crippen LogP contribution in [-0.4, -0.2) is 35.6 Å². The number of nitrogens with zero attached hydrogens (tertiary/aromatic N) is 3. The lowest BCUT2D eigenvalue weighted by Gasteiger charge is -2.30. The lowest BCUT2D eigenvalue weighted by Crippen LogP contribution is -2.36. The Labute approximate surface area is 122 Å². The van der Waals surface area contributed by atoms with Crippen LogP contribution in [0.1, 0.15) is 13.3 Å². The van der Waals surface area contributed by atoms with Crippen LogP contribution in [0.25, 0.3) is 10.9 Å². The summed E-state index contributed by atoms with van der Waals surface area (Å²) in [5.74, 6) is 0. The number of hydrogen-bond donors (Lipinski definition) is 1. The Kier molecular flexibility index (Phi) is 3.70. The van der Waals surface area contributed by atoms with E-state index in [1.807, 2.05) is 12.1 Å². The molecule has 1 N–H and O–H groups in total. The first-order valence-electron chi connectivity index (χ1n) is 7.22. The molecule has 110 valence electrons. The van der Waals surface area contributed by atoms with Gasteiger partial charge in [0, 0.05) is 42.5 Å². The maximum atomic E-state index is 11.2. The Morgan fingerprint density at radius 2 is 2.33 bits per heavy atom. The van der Waals surface area contributed by atoms with Crippen molar-refractivity contribution in [1.82, 2.24) is 10.3 Å². The van der Waals surface area contributed by atoms with Crippen molar-refractivity contribution in [2.75, 3.05) is 24.5 Å². The Morgan fingerprint density at radius 3 is 3.00 bits per heavy atom. The summed E-state index contributed by atoms with van der Waals surface area (Å²) >= 11 is 0. The van der Waals surface area contributed by atoms with Crippen LogP contribution >= 0.6 is 0 Å². The maximum absolute atomic E-state index is 11.2. The molecule has 0 radical (unpaired) electrons. The highest BCUT2D eigenvalue weighted by atomic mass is 16.6. The third-order valence-corrected chi connectivity index (χ3v) is 4.05. The fourth-order valence-corrected chi connectivity index (χ4v) is 3.07. The van der Waals surface area contributed by atoms with Gasteiger partial charge in [-0.1, -0.05) is 12.1 Å². The molecule has 2 aromatic rings. The number of hydrogen-bond acceptors (Lipinski definition) is 5. The molecule has 1 aromatic heterocycles. The van der Waals surface area contributed by atoms with Gasteiger partial charge in [0.25, 0.3) is 5.69 Å². The van der Waals surface area contributed by atoms with E-state index in [1.54, 1.807) is 12.3 Å². The summed E-state index contributed by atoms with van der Waals surface area (Å²) in [6.45, 7) is 4.95. The molecule has 1 aromatic carbocycles. The molecule has 1 saturated heterocycles. The third kappa shape index (κ3) is 2.42. The number of fused-ring (bicyclic) bond motifs is 1. The number of aromatic nitrogens is 1. The van der Waals surface area contributed by atoms with Gasteiger partial charge in [0.05, 0.1) is 4.92 Å². The van der Waals surface area contributed by atoms with E-state index in [0.29, 0.717) is 11.6 Å². The highest BCUT2D eigenvalue weighted by Gasteiger charge is 2.24. The Morgan fingerprint density at radius 1 is 1.48 bits per heavy atom. The number of non-ortho nitro benzene ring substituents is 1. The number of pyridine rings is 1. The molecule has 6 nitrogen and oxygen atoms in total. The van der Waals surface area contributed by atoms with Gasteiger partial charge in [0.2, 0.25) is 0 Å². The van der Waals surface area contributed by atoms with Crippen molar-refractivity contribution in [3.63, 3.8) is 0 Å². The van der Waals surface area contributed by atoms with Crippen LogP contribution in [-0.2, 0) is 0 Å². The van der Waals surface area contributed by atoms with Crippen molar-refractivity contribution in [3.05, 3.63) is 40.6 Å². The summed E-state index contributed by atoms with van der Waals surface area (Å²) in [5, 5.41) is 15.4. The van der Waals surface area contributed by atoms with E-state index in [9.17, 15) is 10.1 Å². The quantitative estimate of drug-likeness (QED) is 0.690. The zero-order chi connectivity index (χ0) is 14.8. The molecule has 3 rings (SSSR count). The minimum absolute atomic E-state index is 0.0648. The van der Waals surface area contributed by atoms with Crippen molar-refractivity contribution in [1.29, 1.82) is 0 Å². The number of rotatable bonds is 4. The number of benzene rings is 1. The van der Waals surface area contributed by atoms with Crippen molar-refractivity contribution in [3.8, 4) is 0 Å². The molecule has 0 amide bonds. The monoisotopic (exact) mass is 286 g/mol. The van der Waals surface area contributed by atoms with Gasteiger partial charge in [0.15, 0.2) is 0 Å². The minimum atomic E-state index is -0.369.